The van der Waals surface area contributed by atoms with Gasteiger partial charge in [-0.2, -0.15) is 0 Å². The number of carbonyl (C=O) groups excluding carboxylic acids is 1. The van der Waals surface area contributed by atoms with Crippen molar-refractivity contribution in [2.45, 2.75) is 6.92 Å². The zero-order valence-corrected chi connectivity index (χ0v) is 12.8. The van der Waals surface area contributed by atoms with E-state index in [4.69, 9.17) is 9.15 Å². The number of para-hydroxylation sites is 1. The van der Waals surface area contributed by atoms with Crippen molar-refractivity contribution >= 4 is 27.5 Å². The molecule has 2 aromatic rings. The van der Waals surface area contributed by atoms with E-state index in [1.807, 2.05) is 18.2 Å². The van der Waals surface area contributed by atoms with Crippen molar-refractivity contribution < 1.29 is 13.9 Å². The van der Waals surface area contributed by atoms with Gasteiger partial charge in [0.05, 0.1) is 12.0 Å². The van der Waals surface area contributed by atoms with Crippen LogP contribution in [0.5, 0.6) is 5.75 Å². The Balaban J connectivity index is 1.88. The van der Waals surface area contributed by atoms with Gasteiger partial charge in [-0.3, -0.25) is 20.4 Å². The van der Waals surface area contributed by atoms with E-state index in [-0.39, 0.29) is 17.8 Å². The van der Waals surface area contributed by atoms with E-state index in [1.54, 1.807) is 13.0 Å². The van der Waals surface area contributed by atoms with Crippen LogP contribution in [0.15, 0.2) is 50.3 Å². The predicted octanol–water partition coefficient (Wildman–Crippen LogP) is 2.23. The molecule has 1 aromatic heterocycles. The SMILES string of the molecule is Cc1occc(=O)c1OCC(=O)NNc1ccccc1Br. The van der Waals surface area contributed by atoms with Gasteiger partial charge in [0.25, 0.3) is 5.91 Å². The van der Waals surface area contributed by atoms with Gasteiger partial charge in [-0.05, 0) is 35.0 Å². The van der Waals surface area contributed by atoms with Gasteiger partial charge in [0.2, 0.25) is 11.2 Å². The lowest BCUT2D eigenvalue weighted by Crippen LogP contribution is -2.34. The fourth-order valence-electron chi connectivity index (χ4n) is 1.55. The Bertz CT molecular complexity index is 699. The molecule has 0 bridgehead atoms. The van der Waals surface area contributed by atoms with Crippen molar-refractivity contribution in [2.24, 2.45) is 0 Å². The van der Waals surface area contributed by atoms with Gasteiger partial charge >= 0.3 is 0 Å². The third-order valence-electron chi connectivity index (χ3n) is 2.57. The third kappa shape index (κ3) is 4.09. The largest absolute Gasteiger partial charge is 0.476 e. The zero-order chi connectivity index (χ0) is 15.2. The Morgan fingerprint density at radius 3 is 2.81 bits per heavy atom. The number of amides is 1. The molecule has 110 valence electrons. The average Bonchev–Trinajstić information content (AvgIpc) is 2.46. The molecule has 7 heteroatoms. The first-order valence-corrected chi connectivity index (χ1v) is 6.88. The van der Waals surface area contributed by atoms with E-state index in [9.17, 15) is 9.59 Å². The first-order chi connectivity index (χ1) is 10.1. The molecule has 0 aliphatic carbocycles. The molecule has 0 aliphatic heterocycles. The molecule has 1 amide bonds. The molecule has 0 saturated carbocycles. The molecule has 21 heavy (non-hydrogen) atoms. The molecule has 0 atom stereocenters. The number of halogens is 1. The number of ether oxygens (including phenoxy) is 1. The molecule has 0 aliphatic rings. The summed E-state index contributed by atoms with van der Waals surface area (Å²) in [6, 6.07) is 8.55. The zero-order valence-electron chi connectivity index (χ0n) is 11.2. The minimum atomic E-state index is -0.423. The summed E-state index contributed by atoms with van der Waals surface area (Å²) < 4.78 is 11.0. The van der Waals surface area contributed by atoms with Crippen molar-refractivity contribution in [3.8, 4) is 5.75 Å². The molecule has 0 saturated heterocycles. The van der Waals surface area contributed by atoms with Gasteiger partial charge in [0, 0.05) is 10.5 Å². The summed E-state index contributed by atoms with van der Waals surface area (Å²) in [5.74, 6) is -0.0592. The second kappa shape index (κ2) is 6.94. The number of anilines is 1. The van der Waals surface area contributed by atoms with Crippen molar-refractivity contribution in [3.63, 3.8) is 0 Å². The number of benzene rings is 1. The minimum absolute atomic E-state index is 0.0357. The molecule has 0 unspecified atom stereocenters. The normalized spacial score (nSPS) is 10.0. The maximum Gasteiger partial charge on any atom is 0.276 e. The van der Waals surface area contributed by atoms with Crippen LogP contribution in [0.2, 0.25) is 0 Å². The first-order valence-electron chi connectivity index (χ1n) is 6.08. The molecule has 0 radical (unpaired) electrons. The summed E-state index contributed by atoms with van der Waals surface area (Å²) in [6.07, 6.45) is 1.28. The van der Waals surface area contributed by atoms with E-state index < -0.39 is 5.91 Å². The molecular formula is C14H13BrN2O4. The number of hydrogen-bond acceptors (Lipinski definition) is 5. The second-order valence-corrected chi connectivity index (χ2v) is 4.97. The first kappa shape index (κ1) is 15.1. The van der Waals surface area contributed by atoms with E-state index in [0.717, 1.165) is 4.47 Å². The van der Waals surface area contributed by atoms with Gasteiger partial charge in [0.1, 0.15) is 5.76 Å². The Hall–Kier alpha value is -2.28. The summed E-state index contributed by atoms with van der Waals surface area (Å²) in [7, 11) is 0. The lowest BCUT2D eigenvalue weighted by Gasteiger charge is -2.11. The highest BCUT2D eigenvalue weighted by molar-refractivity contribution is 9.10. The lowest BCUT2D eigenvalue weighted by atomic mass is 10.3. The van der Waals surface area contributed by atoms with Crippen LogP contribution in [-0.4, -0.2) is 12.5 Å². The van der Waals surface area contributed by atoms with Gasteiger partial charge < -0.3 is 9.15 Å². The van der Waals surface area contributed by atoms with E-state index >= 15 is 0 Å². The number of hydrogen-bond donors (Lipinski definition) is 2. The Morgan fingerprint density at radius 2 is 2.10 bits per heavy atom. The number of carbonyl (C=O) groups is 1. The monoisotopic (exact) mass is 352 g/mol. The molecule has 1 heterocycles. The summed E-state index contributed by atoms with van der Waals surface area (Å²) in [6.45, 7) is 1.29. The summed E-state index contributed by atoms with van der Waals surface area (Å²) >= 11 is 3.34. The summed E-state index contributed by atoms with van der Waals surface area (Å²) in [5, 5.41) is 0. The van der Waals surface area contributed by atoms with Crippen LogP contribution in [0.1, 0.15) is 5.76 Å². The van der Waals surface area contributed by atoms with Crippen LogP contribution >= 0.6 is 15.9 Å². The molecule has 0 fully saturated rings. The fraction of sp³-hybridized carbons (Fsp3) is 0.143. The quantitative estimate of drug-likeness (QED) is 0.806. The van der Waals surface area contributed by atoms with Gasteiger partial charge in [-0.15, -0.1) is 0 Å². The number of hydrazine groups is 1. The van der Waals surface area contributed by atoms with E-state index in [0.29, 0.717) is 11.4 Å². The van der Waals surface area contributed by atoms with Gasteiger partial charge in [-0.1, -0.05) is 12.1 Å². The van der Waals surface area contributed by atoms with Crippen molar-refractivity contribution in [3.05, 3.63) is 57.1 Å². The van der Waals surface area contributed by atoms with Gasteiger partial charge in [0.15, 0.2) is 6.61 Å². The van der Waals surface area contributed by atoms with Crippen molar-refractivity contribution in [1.82, 2.24) is 5.43 Å². The Kier molecular flexibility index (Phi) is 4.99. The second-order valence-electron chi connectivity index (χ2n) is 4.11. The molecule has 1 aromatic carbocycles. The number of aryl methyl sites for hydroxylation is 1. The van der Waals surface area contributed by atoms with E-state index in [1.165, 1.54) is 12.3 Å². The Labute approximate surface area is 129 Å². The standard InChI is InChI=1S/C14H13BrN2O4/c1-9-14(12(18)6-7-20-9)21-8-13(19)17-16-11-5-3-2-4-10(11)15/h2-7,16H,8H2,1H3,(H,17,19). The molecule has 2 N–H and O–H groups in total. The maximum atomic E-state index is 11.7. The number of nitrogens with one attached hydrogen (secondary N) is 2. The highest BCUT2D eigenvalue weighted by atomic mass is 79.9. The van der Waals surface area contributed by atoms with Crippen LogP contribution in [0, 0.1) is 6.92 Å². The fourth-order valence-corrected chi connectivity index (χ4v) is 1.93. The molecular weight excluding hydrogens is 340 g/mol. The van der Waals surface area contributed by atoms with Crippen LogP contribution in [0.3, 0.4) is 0 Å². The van der Waals surface area contributed by atoms with Crippen LogP contribution in [0.4, 0.5) is 5.69 Å². The highest BCUT2D eigenvalue weighted by Gasteiger charge is 2.09. The van der Waals surface area contributed by atoms with Crippen LogP contribution in [0.25, 0.3) is 0 Å². The van der Waals surface area contributed by atoms with Crippen LogP contribution in [-0.2, 0) is 4.79 Å². The average molecular weight is 353 g/mol. The predicted molar refractivity (Wildman–Crippen MR) is 81.1 cm³/mol. The van der Waals surface area contributed by atoms with Crippen molar-refractivity contribution in [2.75, 3.05) is 12.0 Å². The third-order valence-corrected chi connectivity index (χ3v) is 3.26. The summed E-state index contributed by atoms with van der Waals surface area (Å²) in [4.78, 5) is 23.2. The minimum Gasteiger partial charge on any atom is -0.476 e. The maximum absolute atomic E-state index is 11.7. The van der Waals surface area contributed by atoms with E-state index in [2.05, 4.69) is 26.8 Å². The smallest absolute Gasteiger partial charge is 0.276 e. The summed E-state index contributed by atoms with van der Waals surface area (Å²) in [5.41, 5.74) is 5.60. The molecule has 6 nitrogen and oxygen atoms in total. The highest BCUT2D eigenvalue weighted by Crippen LogP contribution is 2.20. The van der Waals surface area contributed by atoms with Crippen molar-refractivity contribution in [1.29, 1.82) is 0 Å². The molecule has 0 spiro atoms. The Morgan fingerprint density at radius 1 is 1.33 bits per heavy atom. The van der Waals surface area contributed by atoms with Gasteiger partial charge in [-0.25, -0.2) is 0 Å². The number of rotatable bonds is 5. The lowest BCUT2D eigenvalue weighted by molar-refractivity contribution is -0.122. The molecule has 2 rings (SSSR count). The van der Waals surface area contributed by atoms with Crippen LogP contribution < -0.4 is 21.0 Å². The topological polar surface area (TPSA) is 80.6 Å².